The first-order chi connectivity index (χ1) is 15.9. The van der Waals surface area contributed by atoms with Gasteiger partial charge in [0, 0.05) is 23.4 Å². The number of piperidine rings is 1. The van der Waals surface area contributed by atoms with Crippen LogP contribution in [-0.2, 0) is 6.54 Å². The van der Waals surface area contributed by atoms with Crippen molar-refractivity contribution in [3.8, 4) is 0 Å². The van der Waals surface area contributed by atoms with Crippen LogP contribution in [0.25, 0.3) is 0 Å². The van der Waals surface area contributed by atoms with Gasteiger partial charge in [0.15, 0.2) is 0 Å². The summed E-state index contributed by atoms with van der Waals surface area (Å²) in [6.07, 6.45) is -0.101. The van der Waals surface area contributed by atoms with E-state index in [1.165, 1.54) is 18.5 Å². The van der Waals surface area contributed by atoms with Crippen LogP contribution in [0.2, 0.25) is 0 Å². The Hall–Kier alpha value is -2.38. The largest absolute Gasteiger partial charge is 0.318 e. The topological polar surface area (TPSA) is 31.2 Å². The van der Waals surface area contributed by atoms with Gasteiger partial charge >= 0.3 is 0 Å². The summed E-state index contributed by atoms with van der Waals surface area (Å²) in [7, 11) is -0.160. The molecule has 2 aromatic rings. The van der Waals surface area contributed by atoms with Gasteiger partial charge in [-0.2, -0.15) is 10.2 Å². The molecule has 0 aromatic heterocycles. The summed E-state index contributed by atoms with van der Waals surface area (Å²) in [5.74, 6) is 4.64. The summed E-state index contributed by atoms with van der Waals surface area (Å²) in [6, 6.07) is 19.1. The summed E-state index contributed by atoms with van der Waals surface area (Å²) in [5.41, 5.74) is 3.64. The fourth-order valence-corrected chi connectivity index (χ4v) is 6.19. The third kappa shape index (κ3) is 5.76. The highest BCUT2D eigenvalue weighted by Crippen LogP contribution is 2.37. The zero-order chi connectivity index (χ0) is 23.4. The predicted octanol–water partition coefficient (Wildman–Crippen LogP) is 6.00. The zero-order valence-corrected chi connectivity index (χ0v) is 20.1. The lowest BCUT2D eigenvalue weighted by atomic mass is 10.0. The Labute approximate surface area is 198 Å². The molecule has 176 valence electrons. The van der Waals surface area contributed by atoms with Crippen LogP contribution in [0.4, 0.5) is 14.5 Å². The molecule has 0 spiro atoms. The number of anilines is 1. The summed E-state index contributed by atoms with van der Waals surface area (Å²) >= 11 is 0. The molecule has 4 nitrogen and oxygen atoms in total. The molecule has 4 rings (SSSR count). The van der Waals surface area contributed by atoms with Crippen LogP contribution in [0.5, 0.6) is 0 Å². The number of nitrogens with zero attached hydrogens (tertiary/aromatic N) is 4. The first-order valence-corrected chi connectivity index (χ1v) is 12.9. The van der Waals surface area contributed by atoms with Crippen molar-refractivity contribution >= 4 is 33.7 Å². The number of likely N-dealkylation sites (tertiary alicyclic amines) is 1. The molecule has 2 heterocycles. The van der Waals surface area contributed by atoms with Crippen LogP contribution < -0.4 is 4.31 Å². The van der Waals surface area contributed by atoms with Gasteiger partial charge in [-0.15, -0.1) is 0 Å². The maximum atomic E-state index is 12.9. The van der Waals surface area contributed by atoms with E-state index in [0.717, 1.165) is 30.8 Å². The highest BCUT2D eigenvalue weighted by atomic mass is 32.2. The van der Waals surface area contributed by atoms with E-state index in [1.807, 2.05) is 18.2 Å². The van der Waals surface area contributed by atoms with Crippen molar-refractivity contribution in [3.63, 3.8) is 0 Å². The van der Waals surface area contributed by atoms with E-state index in [9.17, 15) is 8.78 Å². The van der Waals surface area contributed by atoms with Crippen molar-refractivity contribution in [2.45, 2.75) is 57.4 Å². The third-order valence-corrected chi connectivity index (χ3v) is 8.58. The molecule has 2 aromatic carbocycles. The molecule has 0 radical (unpaired) electrons. The average molecular weight is 471 g/mol. The van der Waals surface area contributed by atoms with Gasteiger partial charge in [0.2, 0.25) is 0 Å². The number of halogens is 2. The summed E-state index contributed by atoms with van der Waals surface area (Å²) < 4.78 is 28.2. The van der Waals surface area contributed by atoms with Crippen molar-refractivity contribution in [3.05, 3.63) is 65.7 Å². The number of alkyl halides is 2. The van der Waals surface area contributed by atoms with Crippen LogP contribution in [0.3, 0.4) is 0 Å². The number of para-hydroxylation sites is 1. The Kier molecular flexibility index (Phi) is 7.71. The lowest BCUT2D eigenvalue weighted by Crippen LogP contribution is -2.40. The molecule has 0 saturated carbocycles. The normalized spacial score (nSPS) is 18.5. The van der Waals surface area contributed by atoms with Crippen LogP contribution in [0, 0.1) is 0 Å². The Morgan fingerprint density at radius 1 is 1.03 bits per heavy atom. The van der Waals surface area contributed by atoms with Crippen molar-refractivity contribution in [2.75, 3.05) is 17.4 Å². The fourth-order valence-electron chi connectivity index (χ4n) is 4.36. The van der Waals surface area contributed by atoms with E-state index < -0.39 is 6.43 Å². The molecule has 0 aliphatic carbocycles. The predicted molar refractivity (Wildman–Crippen MR) is 138 cm³/mol. The Morgan fingerprint density at radius 3 is 2.27 bits per heavy atom. The number of hydrogen-bond acceptors (Lipinski definition) is 4. The van der Waals surface area contributed by atoms with Crippen molar-refractivity contribution < 1.29 is 8.78 Å². The second-order valence-electron chi connectivity index (χ2n) is 8.91. The Balaban J connectivity index is 1.47. The zero-order valence-electron chi connectivity index (χ0n) is 19.3. The number of benzene rings is 2. The quantitative estimate of drug-likeness (QED) is 0.444. The molecule has 1 fully saturated rings. The fraction of sp³-hybridized carbons (Fsp3) is 0.423. The standard InChI is InChI=1S/C26H32F2N4S/c1-19(2)31-15-13-23(14-16-31)33(3)32(22-7-5-4-6-8-22)18-20-9-11-21(12-10-20)24-17-25(26(27)28)30-29-24/h4-12,19,23,26H,3,13-18H2,1-2H3. The summed E-state index contributed by atoms with van der Waals surface area (Å²) in [4.78, 5) is 2.55. The second kappa shape index (κ2) is 10.7. The van der Waals surface area contributed by atoms with Crippen LogP contribution in [0.1, 0.15) is 44.2 Å². The number of rotatable bonds is 8. The molecule has 0 bridgehead atoms. The Morgan fingerprint density at radius 2 is 1.70 bits per heavy atom. The molecule has 7 heteroatoms. The van der Waals surface area contributed by atoms with Crippen molar-refractivity contribution in [1.29, 1.82) is 0 Å². The number of hydrogen-bond donors (Lipinski definition) is 0. The maximum absolute atomic E-state index is 12.9. The van der Waals surface area contributed by atoms with Crippen molar-refractivity contribution in [2.24, 2.45) is 10.2 Å². The average Bonchev–Trinajstić information content (AvgIpc) is 3.34. The summed E-state index contributed by atoms with van der Waals surface area (Å²) in [5, 5.41) is 8.15. The van der Waals surface area contributed by atoms with E-state index >= 15 is 0 Å². The minimum absolute atomic E-state index is 0.116. The van der Waals surface area contributed by atoms with Gasteiger partial charge in [-0.05, 0) is 63.0 Å². The van der Waals surface area contributed by atoms with E-state index in [4.69, 9.17) is 0 Å². The molecule has 1 atom stereocenters. The molecule has 33 heavy (non-hydrogen) atoms. The molecule has 0 N–H and O–H groups in total. The van der Waals surface area contributed by atoms with Crippen LogP contribution >= 0.6 is 10.7 Å². The minimum Gasteiger partial charge on any atom is -0.318 e. The van der Waals surface area contributed by atoms with Gasteiger partial charge in [0.25, 0.3) is 6.43 Å². The van der Waals surface area contributed by atoms with E-state index in [-0.39, 0.29) is 22.8 Å². The van der Waals surface area contributed by atoms with Crippen LogP contribution in [0.15, 0.2) is 64.8 Å². The van der Waals surface area contributed by atoms with Gasteiger partial charge in [0.1, 0.15) is 5.71 Å². The first-order valence-electron chi connectivity index (χ1n) is 11.5. The highest BCUT2D eigenvalue weighted by Gasteiger charge is 2.26. The van der Waals surface area contributed by atoms with E-state index in [1.54, 1.807) is 0 Å². The molecule has 2 aliphatic rings. The van der Waals surface area contributed by atoms with Gasteiger partial charge in [-0.25, -0.2) is 8.78 Å². The smallest absolute Gasteiger partial charge is 0.278 e. The Bertz CT molecular complexity index is 1010. The lowest BCUT2D eigenvalue weighted by Gasteiger charge is -2.39. The molecular weight excluding hydrogens is 438 g/mol. The highest BCUT2D eigenvalue weighted by molar-refractivity contribution is 8.15. The lowest BCUT2D eigenvalue weighted by molar-refractivity contribution is 0.188. The molecule has 2 aliphatic heterocycles. The molecular formula is C26H32F2N4S. The first kappa shape index (κ1) is 23.8. The van der Waals surface area contributed by atoms with Gasteiger partial charge in [-0.1, -0.05) is 59.0 Å². The molecule has 1 unspecified atom stereocenters. The third-order valence-electron chi connectivity index (χ3n) is 6.43. The molecule has 1 saturated heterocycles. The van der Waals surface area contributed by atoms with Gasteiger partial charge in [0.05, 0.1) is 12.3 Å². The summed E-state index contributed by atoms with van der Waals surface area (Å²) in [6.45, 7) is 7.54. The SMILES string of the molecule is C=S(C1CCN(C(C)C)CC1)N(Cc1ccc(C2=NN=C(C(F)F)C2)cc1)c1ccccc1. The minimum atomic E-state index is -2.55. The van der Waals surface area contributed by atoms with Gasteiger partial charge in [-0.3, -0.25) is 0 Å². The van der Waals surface area contributed by atoms with Crippen LogP contribution in [-0.4, -0.2) is 53.0 Å². The second-order valence-corrected chi connectivity index (χ2v) is 10.8. The molecule has 0 amide bonds. The van der Waals surface area contributed by atoms with E-state index in [0.29, 0.717) is 17.0 Å². The maximum Gasteiger partial charge on any atom is 0.278 e. The van der Waals surface area contributed by atoms with Gasteiger partial charge < -0.3 is 9.21 Å². The van der Waals surface area contributed by atoms with E-state index in [2.05, 4.69) is 75.5 Å². The van der Waals surface area contributed by atoms with Crippen molar-refractivity contribution in [1.82, 2.24) is 4.90 Å². The monoisotopic (exact) mass is 470 g/mol.